The zero-order valence-corrected chi connectivity index (χ0v) is 25.4. The Kier molecular flexibility index (Phi) is 7.48. The summed E-state index contributed by atoms with van der Waals surface area (Å²) in [4.78, 5) is 26.2. The Hall–Kier alpha value is -1.38. The van der Waals surface area contributed by atoms with Gasteiger partial charge >= 0.3 is 13.1 Å². The van der Waals surface area contributed by atoms with E-state index in [1.807, 2.05) is 46.8 Å². The van der Waals surface area contributed by atoms with E-state index in [2.05, 4.69) is 36.7 Å². The summed E-state index contributed by atoms with van der Waals surface area (Å²) in [5, 5.41) is 0. The van der Waals surface area contributed by atoms with E-state index >= 15 is 0 Å². The van der Waals surface area contributed by atoms with Gasteiger partial charge in [-0.2, -0.15) is 0 Å². The van der Waals surface area contributed by atoms with E-state index in [-0.39, 0.29) is 35.1 Å². The first-order valence-corrected chi connectivity index (χ1v) is 14.2. The number of esters is 1. The molecular weight excluding hydrogens is 535 g/mol. The molecule has 5 atom stereocenters. The van der Waals surface area contributed by atoms with E-state index in [0.717, 1.165) is 12.0 Å². The molecular formula is C29H42BBrO6. The Morgan fingerprint density at radius 1 is 1.16 bits per heavy atom. The number of benzene rings is 1. The van der Waals surface area contributed by atoms with Gasteiger partial charge in [-0.3, -0.25) is 4.79 Å². The highest BCUT2D eigenvalue weighted by Crippen LogP contribution is 2.66. The molecule has 1 aliphatic heterocycles. The minimum atomic E-state index is -0.660. The molecule has 0 aromatic heterocycles. The Balaban J connectivity index is 1.64. The lowest BCUT2D eigenvalue weighted by Crippen LogP contribution is -2.65. The lowest BCUT2D eigenvalue weighted by molar-refractivity contribution is -0.199. The van der Waals surface area contributed by atoms with Gasteiger partial charge in [0.2, 0.25) is 0 Å². The molecule has 5 rings (SSSR count). The van der Waals surface area contributed by atoms with Gasteiger partial charge in [0.15, 0.2) is 0 Å². The number of para-hydroxylation sites is 1. The number of ketones is 1. The molecule has 0 N–H and O–H groups in total. The normalized spacial score (nSPS) is 29.2. The number of methoxy groups -OCH3 is 1. The summed E-state index contributed by atoms with van der Waals surface area (Å²) in [6.07, 6.45) is 2.93. The number of carbonyl (C=O) groups excluding carboxylic acids is 2. The average molecular weight is 577 g/mol. The molecule has 6 nitrogen and oxygen atoms in total. The summed E-state index contributed by atoms with van der Waals surface area (Å²) < 4.78 is 24.1. The quantitative estimate of drug-likeness (QED) is 0.202. The second kappa shape index (κ2) is 9.67. The van der Waals surface area contributed by atoms with Crippen LogP contribution in [-0.2, 0) is 25.3 Å². The summed E-state index contributed by atoms with van der Waals surface area (Å²) in [6, 6.07) is 5.48. The van der Waals surface area contributed by atoms with Crippen LogP contribution < -0.4 is 4.74 Å². The minimum Gasteiger partial charge on any atom is -0.496 e. The molecule has 204 valence electrons. The van der Waals surface area contributed by atoms with Crippen LogP contribution in [0, 0.1) is 17.3 Å². The molecule has 1 aromatic rings. The van der Waals surface area contributed by atoms with Gasteiger partial charge < -0.3 is 18.8 Å². The minimum absolute atomic E-state index is 0.0267. The maximum absolute atomic E-state index is 13.2. The van der Waals surface area contributed by atoms with Crippen LogP contribution in [0.3, 0.4) is 0 Å². The van der Waals surface area contributed by atoms with Crippen molar-refractivity contribution in [2.75, 3.05) is 7.11 Å². The summed E-state index contributed by atoms with van der Waals surface area (Å²) >= 11 is 3.54. The zero-order chi connectivity index (χ0) is 27.6. The number of hydrogen-bond acceptors (Lipinski definition) is 6. The van der Waals surface area contributed by atoms with Crippen LogP contribution in [0.25, 0.3) is 0 Å². The van der Waals surface area contributed by atoms with Crippen molar-refractivity contribution < 1.29 is 28.4 Å². The molecule has 8 heteroatoms. The smallest absolute Gasteiger partial charge is 0.461 e. The van der Waals surface area contributed by atoms with Gasteiger partial charge in [0.1, 0.15) is 22.7 Å². The molecule has 3 saturated carbocycles. The molecule has 3 aliphatic carbocycles. The Bertz CT molecular complexity index is 1060. The summed E-state index contributed by atoms with van der Waals surface area (Å²) in [6.45, 7) is 16.1. The maximum atomic E-state index is 13.2. The predicted molar refractivity (Wildman–Crippen MR) is 148 cm³/mol. The van der Waals surface area contributed by atoms with Crippen molar-refractivity contribution in [3.63, 3.8) is 0 Å². The molecule has 0 radical (unpaired) electrons. The van der Waals surface area contributed by atoms with E-state index in [0.29, 0.717) is 29.6 Å². The first-order chi connectivity index (χ1) is 17.0. The van der Waals surface area contributed by atoms with Crippen molar-refractivity contribution in [2.24, 2.45) is 17.3 Å². The molecule has 37 heavy (non-hydrogen) atoms. The van der Waals surface area contributed by atoms with Crippen LogP contribution in [0.4, 0.5) is 0 Å². The largest absolute Gasteiger partial charge is 0.496 e. The SMILES string of the molecule is COc1c(C[C@H](CC(=O)C(C)(C)Br)B2O[C@@H]3C[C@@H]4C[C@@H](C4(C)C)[C@]3(C)O2)cccc1C(=O)OC(C)(C)C. The number of rotatable bonds is 8. The Morgan fingerprint density at radius 3 is 2.41 bits per heavy atom. The van der Waals surface area contributed by atoms with Crippen molar-refractivity contribution in [1.82, 2.24) is 0 Å². The van der Waals surface area contributed by atoms with Crippen LogP contribution in [0.2, 0.25) is 5.82 Å². The number of Topliss-reactive ketones (excluding diaryl/α,β-unsaturated/α-hetero) is 1. The predicted octanol–water partition coefficient (Wildman–Crippen LogP) is 6.42. The zero-order valence-electron chi connectivity index (χ0n) is 23.8. The van der Waals surface area contributed by atoms with Crippen LogP contribution in [0.1, 0.15) is 90.6 Å². The average Bonchev–Trinajstić information content (AvgIpc) is 3.13. The standard InChI is InChI=1S/C29H42BBrO6/c1-26(2,3)35-25(33)20-12-10-11-17(24(20)34-9)13-19(16-22(32)28(6,7)31)30-36-23-15-18-14-21(27(18,4)5)29(23,8)37-30/h10-12,18-19,21,23H,13-16H2,1-9H3/t18-,19+,21-,23+,29-/m0/s1. The number of hydrogen-bond donors (Lipinski definition) is 0. The van der Waals surface area contributed by atoms with Gasteiger partial charge in [-0.15, -0.1) is 0 Å². The fraction of sp³-hybridized carbons (Fsp3) is 0.724. The van der Waals surface area contributed by atoms with E-state index in [9.17, 15) is 9.59 Å². The van der Waals surface area contributed by atoms with Crippen LogP contribution in [0.5, 0.6) is 5.75 Å². The van der Waals surface area contributed by atoms with E-state index in [4.69, 9.17) is 18.8 Å². The van der Waals surface area contributed by atoms with E-state index < -0.39 is 23.0 Å². The highest BCUT2D eigenvalue weighted by Gasteiger charge is 2.68. The number of alkyl halides is 1. The van der Waals surface area contributed by atoms with Crippen LogP contribution in [-0.4, -0.2) is 47.6 Å². The summed E-state index contributed by atoms with van der Waals surface area (Å²) in [5.74, 6) is 0.950. The maximum Gasteiger partial charge on any atom is 0.461 e. The van der Waals surface area contributed by atoms with Gasteiger partial charge in [0.25, 0.3) is 0 Å². The van der Waals surface area contributed by atoms with Crippen LogP contribution in [0.15, 0.2) is 18.2 Å². The molecule has 0 spiro atoms. The highest BCUT2D eigenvalue weighted by molar-refractivity contribution is 9.10. The molecule has 1 aromatic carbocycles. The van der Waals surface area contributed by atoms with E-state index in [1.54, 1.807) is 13.2 Å². The fourth-order valence-electron chi connectivity index (χ4n) is 6.61. The van der Waals surface area contributed by atoms with Crippen molar-refractivity contribution in [1.29, 1.82) is 0 Å². The van der Waals surface area contributed by atoms with Crippen molar-refractivity contribution in [3.8, 4) is 5.75 Å². The van der Waals surface area contributed by atoms with E-state index in [1.165, 1.54) is 6.42 Å². The second-order valence-electron chi connectivity index (χ2n) is 13.4. The van der Waals surface area contributed by atoms with Crippen molar-refractivity contribution >= 4 is 34.8 Å². The third-order valence-corrected chi connectivity index (χ3v) is 9.31. The first kappa shape index (κ1) is 28.6. The molecule has 4 aliphatic rings. The van der Waals surface area contributed by atoms with Crippen LogP contribution >= 0.6 is 15.9 Å². The Labute approximate surface area is 230 Å². The molecule has 1 heterocycles. The third-order valence-electron chi connectivity index (χ3n) is 8.87. The molecule has 0 unspecified atom stereocenters. The van der Waals surface area contributed by atoms with Crippen molar-refractivity contribution in [3.05, 3.63) is 29.3 Å². The van der Waals surface area contributed by atoms with Gasteiger partial charge in [0, 0.05) is 12.2 Å². The second-order valence-corrected chi connectivity index (χ2v) is 15.4. The lowest BCUT2D eigenvalue weighted by Gasteiger charge is -2.64. The number of halogens is 1. The van der Waals surface area contributed by atoms with Gasteiger partial charge in [-0.25, -0.2) is 4.79 Å². The molecule has 1 saturated heterocycles. The molecule has 2 bridgehead atoms. The highest BCUT2D eigenvalue weighted by atomic mass is 79.9. The monoisotopic (exact) mass is 576 g/mol. The Morgan fingerprint density at radius 2 is 1.84 bits per heavy atom. The van der Waals surface area contributed by atoms with Gasteiger partial charge in [-0.05, 0) is 89.7 Å². The number of carbonyl (C=O) groups is 2. The third kappa shape index (κ3) is 5.40. The first-order valence-electron chi connectivity index (χ1n) is 13.4. The molecule has 4 fully saturated rings. The fourth-order valence-corrected chi connectivity index (χ4v) is 6.77. The van der Waals surface area contributed by atoms with Gasteiger partial charge in [0.05, 0.1) is 23.1 Å². The van der Waals surface area contributed by atoms with Gasteiger partial charge in [-0.1, -0.05) is 41.9 Å². The molecule has 0 amide bonds. The summed E-state index contributed by atoms with van der Waals surface area (Å²) in [5.41, 5.74) is 0.444. The van der Waals surface area contributed by atoms with Crippen molar-refractivity contribution in [2.45, 2.75) is 109 Å². The topological polar surface area (TPSA) is 71.1 Å². The lowest BCUT2D eigenvalue weighted by atomic mass is 9.43. The summed E-state index contributed by atoms with van der Waals surface area (Å²) in [7, 11) is 1.04. The number of ether oxygens (including phenoxy) is 2.